The van der Waals surface area contributed by atoms with Crippen molar-refractivity contribution in [1.82, 2.24) is 5.32 Å². The first kappa shape index (κ1) is 29.7. The molecule has 3 unspecified atom stereocenters. The lowest BCUT2D eigenvalue weighted by Crippen LogP contribution is -2.32. The summed E-state index contributed by atoms with van der Waals surface area (Å²) in [6, 6.07) is 45.2. The highest BCUT2D eigenvalue weighted by atomic mass is 16.3. The van der Waals surface area contributed by atoms with Crippen molar-refractivity contribution in [2.75, 3.05) is 0 Å². The van der Waals surface area contributed by atoms with Gasteiger partial charge < -0.3 is 19.0 Å². The molecule has 3 atom stereocenters. The van der Waals surface area contributed by atoms with E-state index in [1.165, 1.54) is 0 Å². The van der Waals surface area contributed by atoms with E-state index >= 15 is 0 Å². The topological polar surface area (TPSA) is 89.8 Å². The summed E-state index contributed by atoms with van der Waals surface area (Å²) in [5.74, 6) is 1.05. The van der Waals surface area contributed by atoms with Gasteiger partial charge in [0.05, 0.1) is 6.17 Å². The molecule has 0 fully saturated rings. The average Bonchev–Trinajstić information content (AvgIpc) is 3.88. The second-order valence-electron chi connectivity index (χ2n) is 13.2. The highest BCUT2D eigenvalue weighted by molar-refractivity contribution is 6.07. The maximum absolute atomic E-state index is 6.99. The molecule has 10 rings (SSSR count). The number of hydrogen-bond acceptors (Lipinski definition) is 6. The zero-order valence-corrected chi connectivity index (χ0v) is 27.6. The van der Waals surface area contributed by atoms with E-state index in [0.29, 0.717) is 0 Å². The third-order valence-corrected chi connectivity index (χ3v) is 10.2. The van der Waals surface area contributed by atoms with Gasteiger partial charge in [-0.1, -0.05) is 133 Å². The third kappa shape index (κ3) is 4.99. The Bertz CT molecular complexity index is 2800. The smallest absolute Gasteiger partial charge is 0.141 e. The van der Waals surface area contributed by atoms with Crippen LogP contribution < -0.4 is 11.1 Å². The molecule has 0 radical (unpaired) electrons. The first-order valence-electron chi connectivity index (χ1n) is 17.3. The van der Waals surface area contributed by atoms with Gasteiger partial charge in [0.2, 0.25) is 0 Å². The monoisotopic (exact) mass is 663 g/mol. The first-order chi connectivity index (χ1) is 25.2. The fourth-order valence-electron chi connectivity index (χ4n) is 7.70. The van der Waals surface area contributed by atoms with E-state index in [-0.39, 0.29) is 5.92 Å². The molecule has 6 nitrogen and oxygen atoms in total. The quantitative estimate of drug-likeness (QED) is 0.131. The van der Waals surface area contributed by atoms with Crippen LogP contribution in [-0.4, -0.2) is 6.21 Å². The lowest BCUT2D eigenvalue weighted by atomic mass is 9.87. The summed E-state index contributed by atoms with van der Waals surface area (Å²) >= 11 is 0. The second kappa shape index (κ2) is 12.0. The predicted octanol–water partition coefficient (Wildman–Crippen LogP) is 10.9. The SMILES string of the molecule is NC(NC(N=Cc1ccccc1)c1cccc2c3c(oc12)CC(c1cccc2c1oc1ccccc12)C=C3)c1cccc2c1oc1ccccc12. The number of hydrogen-bond donors (Lipinski definition) is 2. The molecule has 6 aromatic carbocycles. The highest BCUT2D eigenvalue weighted by Crippen LogP contribution is 2.42. The van der Waals surface area contributed by atoms with Crippen molar-refractivity contribution in [3.63, 3.8) is 0 Å². The minimum atomic E-state index is -0.583. The van der Waals surface area contributed by atoms with Crippen LogP contribution in [0.2, 0.25) is 0 Å². The van der Waals surface area contributed by atoms with Gasteiger partial charge in [-0.05, 0) is 17.7 Å². The maximum Gasteiger partial charge on any atom is 0.141 e. The van der Waals surface area contributed by atoms with Gasteiger partial charge in [0, 0.05) is 67.7 Å². The van der Waals surface area contributed by atoms with E-state index in [4.69, 9.17) is 24.0 Å². The van der Waals surface area contributed by atoms with Crippen LogP contribution in [-0.2, 0) is 6.42 Å². The Morgan fingerprint density at radius 1 is 0.608 bits per heavy atom. The fourth-order valence-corrected chi connectivity index (χ4v) is 7.70. The van der Waals surface area contributed by atoms with Gasteiger partial charge in [0.25, 0.3) is 0 Å². The lowest BCUT2D eigenvalue weighted by Gasteiger charge is -2.21. The Labute approximate surface area is 293 Å². The molecular weight excluding hydrogens is 631 g/mol. The average molecular weight is 664 g/mol. The summed E-state index contributed by atoms with van der Waals surface area (Å²) < 4.78 is 19.6. The van der Waals surface area contributed by atoms with Crippen LogP contribution in [0.25, 0.3) is 60.9 Å². The summed E-state index contributed by atoms with van der Waals surface area (Å²) in [6.45, 7) is 0. The van der Waals surface area contributed by atoms with Crippen molar-refractivity contribution in [2.45, 2.75) is 24.7 Å². The number of para-hydroxylation sites is 5. The standard InChI is InChI=1S/C45H33N3O3/c46-44(36-19-9-17-34-31-14-5-7-22-39(31)50-42(34)36)48-45(47-26-27-11-2-1-3-12-27)37-20-10-18-35-32-24-23-28(25-40(32)51-43(35)37)29-15-8-16-33-30-13-4-6-21-38(30)49-41(29)33/h1-24,26,28,44-45,48H,25,46H2. The minimum Gasteiger partial charge on any atom is -0.460 e. The van der Waals surface area contributed by atoms with Crippen LogP contribution in [0.15, 0.2) is 158 Å². The number of allylic oxidation sites excluding steroid dienone is 1. The lowest BCUT2D eigenvalue weighted by molar-refractivity contribution is 0.458. The molecule has 0 bridgehead atoms. The van der Waals surface area contributed by atoms with Gasteiger partial charge in [-0.15, -0.1) is 0 Å². The molecule has 3 aromatic heterocycles. The van der Waals surface area contributed by atoms with Crippen molar-refractivity contribution in [1.29, 1.82) is 0 Å². The largest absolute Gasteiger partial charge is 0.460 e. The van der Waals surface area contributed by atoms with Gasteiger partial charge in [0.15, 0.2) is 0 Å². The third-order valence-electron chi connectivity index (χ3n) is 10.2. The molecular formula is C45H33N3O3. The molecule has 0 spiro atoms. The van der Waals surface area contributed by atoms with Crippen LogP contribution in [0.4, 0.5) is 0 Å². The maximum atomic E-state index is 6.99. The number of aliphatic imine (C=N–C) groups is 1. The summed E-state index contributed by atoms with van der Waals surface area (Å²) in [7, 11) is 0. The van der Waals surface area contributed by atoms with E-state index < -0.39 is 12.3 Å². The minimum absolute atomic E-state index is 0.105. The molecule has 0 saturated heterocycles. The van der Waals surface area contributed by atoms with E-state index in [1.807, 2.05) is 79.0 Å². The van der Waals surface area contributed by atoms with Crippen LogP contribution in [0.3, 0.4) is 0 Å². The predicted molar refractivity (Wildman–Crippen MR) is 206 cm³/mol. The number of furan rings is 3. The number of fused-ring (bicyclic) bond motifs is 9. The van der Waals surface area contributed by atoms with E-state index in [2.05, 4.69) is 78.1 Å². The molecule has 3 heterocycles. The Morgan fingerprint density at radius 3 is 2.00 bits per heavy atom. The van der Waals surface area contributed by atoms with Gasteiger partial charge >= 0.3 is 0 Å². The summed E-state index contributed by atoms with van der Waals surface area (Å²) in [4.78, 5) is 5.09. The van der Waals surface area contributed by atoms with Crippen LogP contribution in [0.1, 0.15) is 51.8 Å². The Balaban J connectivity index is 1.04. The number of nitrogens with one attached hydrogen (secondary N) is 1. The van der Waals surface area contributed by atoms with Crippen LogP contribution in [0, 0.1) is 0 Å². The second-order valence-corrected chi connectivity index (χ2v) is 13.2. The molecule has 1 aliphatic carbocycles. The highest BCUT2D eigenvalue weighted by Gasteiger charge is 2.27. The van der Waals surface area contributed by atoms with Gasteiger partial charge in [-0.3, -0.25) is 10.3 Å². The summed E-state index contributed by atoms with van der Waals surface area (Å²) in [5, 5.41) is 9.04. The molecule has 246 valence electrons. The Kier molecular flexibility index (Phi) is 6.98. The van der Waals surface area contributed by atoms with Crippen molar-refractivity contribution in [3.8, 4) is 0 Å². The Hall–Kier alpha value is -6.21. The number of rotatable bonds is 7. The first-order valence-corrected chi connectivity index (χ1v) is 17.3. The normalized spacial score (nSPS) is 15.8. The number of nitrogens with two attached hydrogens (primary N) is 1. The molecule has 1 aliphatic rings. The molecule has 0 saturated carbocycles. The molecule has 3 N–H and O–H groups in total. The molecule has 9 aromatic rings. The number of nitrogens with zero attached hydrogens (tertiary/aromatic N) is 1. The zero-order valence-electron chi connectivity index (χ0n) is 27.6. The van der Waals surface area contributed by atoms with Crippen molar-refractivity contribution in [2.24, 2.45) is 10.7 Å². The van der Waals surface area contributed by atoms with E-state index in [9.17, 15) is 0 Å². The number of benzene rings is 6. The van der Waals surface area contributed by atoms with Crippen LogP contribution in [0.5, 0.6) is 0 Å². The van der Waals surface area contributed by atoms with Crippen molar-refractivity contribution in [3.05, 3.63) is 173 Å². The van der Waals surface area contributed by atoms with E-state index in [0.717, 1.165) is 94.8 Å². The summed E-state index contributed by atoms with van der Waals surface area (Å²) in [5.41, 5.74) is 16.2. The van der Waals surface area contributed by atoms with Crippen molar-refractivity contribution < 1.29 is 13.3 Å². The molecule has 51 heavy (non-hydrogen) atoms. The summed E-state index contributed by atoms with van der Waals surface area (Å²) in [6.07, 6.45) is 5.98. The zero-order chi connectivity index (χ0) is 33.9. The van der Waals surface area contributed by atoms with E-state index in [1.54, 1.807) is 0 Å². The molecule has 0 aliphatic heterocycles. The van der Waals surface area contributed by atoms with Gasteiger partial charge in [-0.25, -0.2) is 0 Å². The Morgan fingerprint density at radius 2 is 1.22 bits per heavy atom. The van der Waals surface area contributed by atoms with Gasteiger partial charge in [-0.2, -0.15) is 0 Å². The van der Waals surface area contributed by atoms with Crippen molar-refractivity contribution >= 4 is 67.1 Å². The van der Waals surface area contributed by atoms with Crippen LogP contribution >= 0.6 is 0 Å². The molecule has 0 amide bonds. The van der Waals surface area contributed by atoms with Gasteiger partial charge in [0.1, 0.15) is 39.8 Å². The fraction of sp³-hybridized carbons (Fsp3) is 0.0889. The molecule has 6 heteroatoms.